The summed E-state index contributed by atoms with van der Waals surface area (Å²) < 4.78 is 7.17. The molecule has 0 N–H and O–H groups in total. The Labute approximate surface area is 112 Å². The average Bonchev–Trinajstić information content (AvgIpc) is 2.93. The highest BCUT2D eigenvalue weighted by atomic mass is 16.5. The van der Waals surface area contributed by atoms with Gasteiger partial charge in [0.25, 0.3) is 0 Å². The third kappa shape index (κ3) is 1.87. The maximum absolute atomic E-state index is 5.19. The maximum atomic E-state index is 5.19. The lowest BCUT2D eigenvalue weighted by atomic mass is 10.1. The lowest BCUT2D eigenvalue weighted by molar-refractivity contribution is 0.414. The number of rotatable bonds is 2. The normalized spacial score (nSPS) is 10.9. The molecule has 3 heteroatoms. The smallest absolute Gasteiger partial charge is 0.119 e. The van der Waals surface area contributed by atoms with Gasteiger partial charge in [0.15, 0.2) is 0 Å². The molecular weight excluding hydrogens is 236 g/mol. The number of aromatic nitrogens is 2. The molecule has 1 aliphatic carbocycles. The van der Waals surface area contributed by atoms with E-state index in [2.05, 4.69) is 30.2 Å². The van der Waals surface area contributed by atoms with Gasteiger partial charge in [-0.2, -0.15) is 5.10 Å². The summed E-state index contributed by atoms with van der Waals surface area (Å²) in [5.41, 5.74) is 5.72. The highest BCUT2D eigenvalue weighted by molar-refractivity contribution is 5.71. The molecule has 0 atom stereocenters. The number of benzene rings is 1. The summed E-state index contributed by atoms with van der Waals surface area (Å²) in [6.45, 7) is 4.14. The molecule has 96 valence electrons. The standard InChI is InChI=1S/C16H16N2O/c1-11-15-5-4-6-16(15)12(2)18(17-11)13-7-9-14(19-3)10-8-13/h4-10H,1-3H3. The topological polar surface area (TPSA) is 27.1 Å². The monoisotopic (exact) mass is 252 g/mol. The number of hydrogen-bond donors (Lipinski definition) is 0. The molecule has 3 nitrogen and oxygen atoms in total. The summed E-state index contributed by atoms with van der Waals surface area (Å²) >= 11 is 0. The van der Waals surface area contributed by atoms with E-state index in [0.29, 0.717) is 0 Å². The Balaban J connectivity index is 2.19. The molecule has 0 aromatic heterocycles. The molecule has 1 aliphatic heterocycles. The van der Waals surface area contributed by atoms with Crippen molar-refractivity contribution in [2.24, 2.45) is 0 Å². The zero-order valence-corrected chi connectivity index (χ0v) is 11.3. The number of aryl methyl sites for hydroxylation is 1. The van der Waals surface area contributed by atoms with E-state index in [9.17, 15) is 0 Å². The van der Waals surface area contributed by atoms with Crippen molar-refractivity contribution in [1.82, 2.24) is 9.78 Å². The van der Waals surface area contributed by atoms with Crippen LogP contribution in [0, 0.1) is 13.8 Å². The molecule has 0 fully saturated rings. The van der Waals surface area contributed by atoms with Gasteiger partial charge in [-0.3, -0.25) is 0 Å². The maximum Gasteiger partial charge on any atom is 0.119 e. The molecule has 3 rings (SSSR count). The molecule has 0 unspecified atom stereocenters. The van der Waals surface area contributed by atoms with Crippen LogP contribution in [0.25, 0.3) is 16.8 Å². The van der Waals surface area contributed by atoms with Crippen molar-refractivity contribution >= 4 is 0 Å². The minimum absolute atomic E-state index is 0.855. The van der Waals surface area contributed by atoms with Gasteiger partial charge in [0.05, 0.1) is 18.5 Å². The Morgan fingerprint density at radius 1 is 0.947 bits per heavy atom. The lowest BCUT2D eigenvalue weighted by Gasteiger charge is -2.16. The fourth-order valence-corrected chi connectivity index (χ4v) is 2.42. The van der Waals surface area contributed by atoms with Crippen molar-refractivity contribution < 1.29 is 4.74 Å². The summed E-state index contributed by atoms with van der Waals surface area (Å²) in [4.78, 5) is 0. The first-order chi connectivity index (χ1) is 9.20. The van der Waals surface area contributed by atoms with E-state index in [1.54, 1.807) is 7.11 Å². The van der Waals surface area contributed by atoms with Crippen molar-refractivity contribution in [1.29, 1.82) is 0 Å². The number of nitrogens with zero attached hydrogens (tertiary/aromatic N) is 2. The van der Waals surface area contributed by atoms with E-state index in [-0.39, 0.29) is 0 Å². The predicted molar refractivity (Wildman–Crippen MR) is 76.2 cm³/mol. The van der Waals surface area contributed by atoms with Gasteiger partial charge in [-0.25, -0.2) is 4.68 Å². The van der Waals surface area contributed by atoms with Crippen LogP contribution in [-0.4, -0.2) is 16.9 Å². The van der Waals surface area contributed by atoms with E-state index < -0.39 is 0 Å². The lowest BCUT2D eigenvalue weighted by Crippen LogP contribution is -2.09. The number of ether oxygens (including phenoxy) is 1. The van der Waals surface area contributed by atoms with Gasteiger partial charge < -0.3 is 4.74 Å². The number of hydrogen-bond acceptors (Lipinski definition) is 2. The first kappa shape index (κ1) is 11.8. The molecular formula is C16H16N2O. The Hall–Kier alpha value is -2.29. The van der Waals surface area contributed by atoms with E-state index in [0.717, 1.165) is 22.8 Å². The second-order valence-corrected chi connectivity index (χ2v) is 4.63. The van der Waals surface area contributed by atoms with Gasteiger partial charge >= 0.3 is 0 Å². The molecule has 19 heavy (non-hydrogen) atoms. The van der Waals surface area contributed by atoms with Crippen LogP contribution in [0.2, 0.25) is 0 Å². The minimum atomic E-state index is 0.855. The summed E-state index contributed by atoms with van der Waals surface area (Å²) in [6, 6.07) is 14.3. The van der Waals surface area contributed by atoms with Crippen LogP contribution in [0.15, 0.2) is 42.5 Å². The largest absolute Gasteiger partial charge is 0.497 e. The van der Waals surface area contributed by atoms with Crippen molar-refractivity contribution in [2.75, 3.05) is 7.11 Å². The zero-order valence-electron chi connectivity index (χ0n) is 11.3. The SMILES string of the molecule is COc1ccc(-n2nc(C)c3cccc-3c2C)cc1. The van der Waals surface area contributed by atoms with Crippen molar-refractivity contribution in [3.8, 4) is 22.6 Å². The molecule has 0 spiro atoms. The molecule has 1 aromatic rings. The third-order valence-corrected chi connectivity index (χ3v) is 3.48. The molecule has 0 saturated carbocycles. The fraction of sp³-hybridized carbons (Fsp3) is 0.188. The Morgan fingerprint density at radius 3 is 2.32 bits per heavy atom. The summed E-state index contributed by atoms with van der Waals surface area (Å²) in [5.74, 6) is 0.855. The first-order valence-electron chi connectivity index (χ1n) is 6.30. The van der Waals surface area contributed by atoms with Crippen LogP contribution in [0.5, 0.6) is 5.75 Å². The molecule has 0 amide bonds. The molecule has 0 saturated heterocycles. The van der Waals surface area contributed by atoms with E-state index in [1.165, 1.54) is 11.1 Å². The van der Waals surface area contributed by atoms with Crippen LogP contribution in [-0.2, 0) is 0 Å². The third-order valence-electron chi connectivity index (χ3n) is 3.48. The van der Waals surface area contributed by atoms with Gasteiger partial charge in [0.2, 0.25) is 0 Å². The zero-order chi connectivity index (χ0) is 13.4. The second-order valence-electron chi connectivity index (χ2n) is 4.63. The quantitative estimate of drug-likeness (QED) is 0.696. The predicted octanol–water partition coefficient (Wildman–Crippen LogP) is 3.60. The fourth-order valence-electron chi connectivity index (χ4n) is 2.42. The Bertz CT molecular complexity index is 683. The van der Waals surface area contributed by atoms with Crippen LogP contribution in [0.4, 0.5) is 0 Å². The van der Waals surface area contributed by atoms with Crippen LogP contribution < -0.4 is 4.74 Å². The summed E-state index contributed by atoms with van der Waals surface area (Å²) in [6.07, 6.45) is 0. The van der Waals surface area contributed by atoms with Crippen molar-refractivity contribution in [3.63, 3.8) is 0 Å². The summed E-state index contributed by atoms with van der Waals surface area (Å²) in [5, 5.41) is 4.67. The average molecular weight is 252 g/mol. The molecule has 0 bridgehead atoms. The Kier molecular flexibility index (Phi) is 2.75. The molecule has 0 radical (unpaired) electrons. The van der Waals surface area contributed by atoms with E-state index >= 15 is 0 Å². The second kappa shape index (κ2) is 4.43. The summed E-state index contributed by atoms with van der Waals surface area (Å²) in [7, 11) is 1.67. The van der Waals surface area contributed by atoms with Gasteiger partial charge in [-0.05, 0) is 38.1 Å². The van der Waals surface area contributed by atoms with Gasteiger partial charge in [0, 0.05) is 16.8 Å². The minimum Gasteiger partial charge on any atom is -0.497 e. The van der Waals surface area contributed by atoms with Gasteiger partial charge in [-0.15, -0.1) is 0 Å². The molecule has 1 heterocycles. The molecule has 2 aliphatic rings. The molecule has 1 aromatic carbocycles. The van der Waals surface area contributed by atoms with E-state index in [1.807, 2.05) is 35.9 Å². The van der Waals surface area contributed by atoms with Crippen molar-refractivity contribution in [3.05, 3.63) is 53.9 Å². The highest BCUT2D eigenvalue weighted by Crippen LogP contribution is 2.30. The number of methoxy groups -OCH3 is 1. The highest BCUT2D eigenvalue weighted by Gasteiger charge is 2.13. The van der Waals surface area contributed by atoms with E-state index in [4.69, 9.17) is 4.74 Å². The van der Waals surface area contributed by atoms with Crippen LogP contribution >= 0.6 is 0 Å². The van der Waals surface area contributed by atoms with Gasteiger partial charge in [-0.1, -0.05) is 18.2 Å². The first-order valence-corrected chi connectivity index (χ1v) is 6.30. The number of fused-ring (bicyclic) bond motifs is 1. The van der Waals surface area contributed by atoms with Crippen molar-refractivity contribution in [2.45, 2.75) is 13.8 Å². The Morgan fingerprint density at radius 2 is 1.63 bits per heavy atom. The van der Waals surface area contributed by atoms with Gasteiger partial charge in [0.1, 0.15) is 5.75 Å². The van der Waals surface area contributed by atoms with Crippen LogP contribution in [0.3, 0.4) is 0 Å². The van der Waals surface area contributed by atoms with Crippen LogP contribution in [0.1, 0.15) is 11.4 Å².